The highest BCUT2D eigenvalue weighted by Gasteiger charge is 2.28. The maximum Gasteiger partial charge on any atom is 0.389 e. The number of hydrogen-bond acceptors (Lipinski definition) is 2. The van der Waals surface area contributed by atoms with Crippen molar-refractivity contribution >= 4 is 33.8 Å². The van der Waals surface area contributed by atoms with Gasteiger partial charge in [0.25, 0.3) is 0 Å². The first-order valence-electron chi connectivity index (χ1n) is 5.26. The van der Waals surface area contributed by atoms with Crippen LogP contribution in [0.4, 0.5) is 13.2 Å². The minimum absolute atomic E-state index is 0. The normalized spacial score (nSPS) is 13.3. The van der Waals surface area contributed by atoms with Crippen LogP contribution in [-0.4, -0.2) is 6.18 Å². The molecule has 1 heterocycles. The maximum absolute atomic E-state index is 12.1. The Kier molecular flexibility index (Phi) is 5.01. The van der Waals surface area contributed by atoms with E-state index in [1.807, 2.05) is 29.6 Å². The number of hydrogen-bond donors (Lipinski definition) is 1. The largest absolute Gasteiger partial charge is 0.389 e. The van der Waals surface area contributed by atoms with Gasteiger partial charge in [-0.3, -0.25) is 0 Å². The van der Waals surface area contributed by atoms with E-state index in [2.05, 4.69) is 0 Å². The molecule has 0 bridgehead atoms. The number of rotatable bonds is 3. The lowest BCUT2D eigenvalue weighted by atomic mass is 10.0. The van der Waals surface area contributed by atoms with Gasteiger partial charge < -0.3 is 5.73 Å². The van der Waals surface area contributed by atoms with Crippen LogP contribution in [0.5, 0.6) is 0 Å². The Morgan fingerprint density at radius 2 is 1.89 bits per heavy atom. The summed E-state index contributed by atoms with van der Waals surface area (Å²) in [5, 5.41) is 2.82. The minimum atomic E-state index is -4.14. The van der Waals surface area contributed by atoms with Gasteiger partial charge in [0.15, 0.2) is 0 Å². The third-order valence-electron chi connectivity index (χ3n) is 2.65. The van der Waals surface area contributed by atoms with E-state index in [0.29, 0.717) is 0 Å². The molecule has 6 heteroatoms. The quantitative estimate of drug-likeness (QED) is 0.875. The zero-order valence-corrected chi connectivity index (χ0v) is 11.0. The van der Waals surface area contributed by atoms with Crippen LogP contribution in [0.15, 0.2) is 29.6 Å². The highest BCUT2D eigenvalue weighted by atomic mass is 35.5. The number of thiophene rings is 1. The molecule has 2 aromatic rings. The molecule has 100 valence electrons. The standard InChI is InChI=1S/C12H12F3NS.ClH/c13-12(14,15)6-5-10(16)9-7-17-11-4-2-1-3-8(9)11;/h1-4,7,10H,5-6,16H2;1H/t10-;/m0./s1. The van der Waals surface area contributed by atoms with Gasteiger partial charge >= 0.3 is 6.18 Å². The van der Waals surface area contributed by atoms with Crippen molar-refractivity contribution in [3.8, 4) is 0 Å². The van der Waals surface area contributed by atoms with Crippen molar-refractivity contribution in [2.45, 2.75) is 25.1 Å². The maximum atomic E-state index is 12.1. The van der Waals surface area contributed by atoms with Gasteiger partial charge in [-0.05, 0) is 28.8 Å². The van der Waals surface area contributed by atoms with Gasteiger partial charge in [0.05, 0.1) is 0 Å². The van der Waals surface area contributed by atoms with Crippen LogP contribution in [0.2, 0.25) is 0 Å². The van der Waals surface area contributed by atoms with Crippen molar-refractivity contribution in [1.29, 1.82) is 0 Å². The third kappa shape index (κ3) is 3.60. The zero-order chi connectivity index (χ0) is 12.5. The molecule has 0 fully saturated rings. The van der Waals surface area contributed by atoms with Crippen LogP contribution >= 0.6 is 23.7 Å². The van der Waals surface area contributed by atoms with E-state index in [1.165, 1.54) is 11.3 Å². The Morgan fingerprint density at radius 3 is 2.56 bits per heavy atom. The first-order chi connectivity index (χ1) is 7.97. The van der Waals surface area contributed by atoms with E-state index in [0.717, 1.165) is 15.6 Å². The Balaban J connectivity index is 0.00000162. The molecule has 2 rings (SSSR count). The van der Waals surface area contributed by atoms with Gasteiger partial charge in [0, 0.05) is 17.2 Å². The first-order valence-corrected chi connectivity index (χ1v) is 6.14. The predicted molar refractivity (Wildman–Crippen MR) is 71.3 cm³/mol. The van der Waals surface area contributed by atoms with Crippen molar-refractivity contribution in [2.75, 3.05) is 0 Å². The fourth-order valence-corrected chi connectivity index (χ4v) is 2.79. The van der Waals surface area contributed by atoms with E-state index in [-0.39, 0.29) is 18.8 Å². The molecule has 0 aliphatic carbocycles. The average molecular weight is 296 g/mol. The van der Waals surface area contributed by atoms with Gasteiger partial charge in [-0.25, -0.2) is 0 Å². The van der Waals surface area contributed by atoms with Gasteiger partial charge in [0.1, 0.15) is 0 Å². The molecule has 0 unspecified atom stereocenters. The summed E-state index contributed by atoms with van der Waals surface area (Å²) in [7, 11) is 0. The topological polar surface area (TPSA) is 26.0 Å². The Morgan fingerprint density at radius 1 is 1.22 bits per heavy atom. The van der Waals surface area contributed by atoms with Crippen molar-refractivity contribution in [2.24, 2.45) is 5.73 Å². The molecule has 0 saturated heterocycles. The van der Waals surface area contributed by atoms with Crippen LogP contribution in [0.1, 0.15) is 24.4 Å². The van der Waals surface area contributed by atoms with E-state index in [4.69, 9.17) is 5.73 Å². The molecule has 0 spiro atoms. The second kappa shape index (κ2) is 5.91. The number of alkyl halides is 3. The average Bonchev–Trinajstić information content (AvgIpc) is 2.68. The minimum Gasteiger partial charge on any atom is -0.324 e. The summed E-state index contributed by atoms with van der Waals surface area (Å²) in [6, 6.07) is 7.07. The van der Waals surface area contributed by atoms with Crippen molar-refractivity contribution in [3.63, 3.8) is 0 Å². The number of benzene rings is 1. The van der Waals surface area contributed by atoms with Crippen LogP contribution in [0, 0.1) is 0 Å². The van der Waals surface area contributed by atoms with E-state index >= 15 is 0 Å². The Labute approximate surface area is 113 Å². The molecule has 0 aliphatic heterocycles. The molecule has 2 N–H and O–H groups in total. The number of halogens is 4. The number of nitrogens with two attached hydrogens (primary N) is 1. The van der Waals surface area contributed by atoms with E-state index in [9.17, 15) is 13.2 Å². The summed E-state index contributed by atoms with van der Waals surface area (Å²) in [6.07, 6.45) is -5.04. The molecule has 0 amide bonds. The molecule has 1 aromatic heterocycles. The van der Waals surface area contributed by atoms with Crippen molar-refractivity contribution < 1.29 is 13.2 Å². The van der Waals surface area contributed by atoms with Gasteiger partial charge in [-0.15, -0.1) is 23.7 Å². The lowest BCUT2D eigenvalue weighted by molar-refractivity contribution is -0.136. The lowest BCUT2D eigenvalue weighted by Crippen LogP contribution is -2.15. The summed E-state index contributed by atoms with van der Waals surface area (Å²) in [5.74, 6) is 0. The van der Waals surface area contributed by atoms with Gasteiger partial charge in [0.2, 0.25) is 0 Å². The fourth-order valence-electron chi connectivity index (χ4n) is 1.76. The molecular weight excluding hydrogens is 283 g/mol. The van der Waals surface area contributed by atoms with E-state index in [1.54, 1.807) is 0 Å². The van der Waals surface area contributed by atoms with E-state index < -0.39 is 18.6 Å². The lowest BCUT2D eigenvalue weighted by Gasteiger charge is -2.12. The molecule has 1 atom stereocenters. The predicted octanol–water partition coefficient (Wildman–Crippen LogP) is 4.67. The molecule has 0 saturated carbocycles. The Hall–Kier alpha value is -0.780. The van der Waals surface area contributed by atoms with Crippen molar-refractivity contribution in [1.82, 2.24) is 0 Å². The number of fused-ring (bicyclic) bond motifs is 1. The summed E-state index contributed by atoms with van der Waals surface area (Å²) >= 11 is 1.51. The van der Waals surface area contributed by atoms with Crippen molar-refractivity contribution in [3.05, 3.63) is 35.2 Å². The van der Waals surface area contributed by atoms with Crippen LogP contribution < -0.4 is 5.73 Å². The summed E-state index contributed by atoms with van der Waals surface area (Å²) in [6.45, 7) is 0. The second-order valence-corrected chi connectivity index (χ2v) is 4.86. The fraction of sp³-hybridized carbons (Fsp3) is 0.333. The summed E-state index contributed by atoms with van der Waals surface area (Å²) in [4.78, 5) is 0. The second-order valence-electron chi connectivity index (χ2n) is 3.95. The SMILES string of the molecule is Cl.N[C@@H](CCC(F)(F)F)c1csc2ccccc12. The van der Waals surface area contributed by atoms with Crippen LogP contribution in [-0.2, 0) is 0 Å². The van der Waals surface area contributed by atoms with Crippen LogP contribution in [0.25, 0.3) is 10.1 Å². The molecule has 0 radical (unpaired) electrons. The highest BCUT2D eigenvalue weighted by molar-refractivity contribution is 7.17. The molecule has 18 heavy (non-hydrogen) atoms. The first kappa shape index (κ1) is 15.3. The highest BCUT2D eigenvalue weighted by Crippen LogP contribution is 2.33. The Bertz CT molecular complexity index is 509. The molecule has 0 aliphatic rings. The third-order valence-corrected chi connectivity index (χ3v) is 3.63. The molecular formula is C12H13ClF3NS. The zero-order valence-electron chi connectivity index (χ0n) is 9.41. The monoisotopic (exact) mass is 295 g/mol. The van der Waals surface area contributed by atoms with Crippen LogP contribution in [0.3, 0.4) is 0 Å². The van der Waals surface area contributed by atoms with Gasteiger partial charge in [-0.2, -0.15) is 13.2 Å². The molecule has 1 nitrogen and oxygen atoms in total. The smallest absolute Gasteiger partial charge is 0.324 e. The summed E-state index contributed by atoms with van der Waals surface area (Å²) in [5.41, 5.74) is 6.63. The van der Waals surface area contributed by atoms with Gasteiger partial charge in [-0.1, -0.05) is 18.2 Å². The summed E-state index contributed by atoms with van der Waals surface area (Å²) < 4.78 is 37.4. The molecule has 1 aromatic carbocycles.